The van der Waals surface area contributed by atoms with Crippen molar-refractivity contribution in [3.05, 3.63) is 47.4 Å². The van der Waals surface area contributed by atoms with Gasteiger partial charge in [-0.3, -0.25) is 0 Å². The van der Waals surface area contributed by atoms with Gasteiger partial charge in [0.1, 0.15) is 12.7 Å². The minimum absolute atomic E-state index is 0.180. The standard InChI is InChI=1S/C25H39N3O2/c1-5-7-9-12-21(3)24(6-2)25(13-15-26-16-14-25)22(4)27-30-20-23(29)19-28-17-10-8-11-18-28/h6-7,9,23,26,29H,1,8,10-11,13-20H2,2-4H3/b24-6+,27-22+. The molecule has 2 heterocycles. The highest BCUT2D eigenvalue weighted by atomic mass is 16.6. The number of nitrogens with one attached hydrogen (secondary N) is 1. The first-order chi connectivity index (χ1) is 14.5. The van der Waals surface area contributed by atoms with Crippen LogP contribution in [0.1, 0.15) is 52.9 Å². The van der Waals surface area contributed by atoms with Crippen LogP contribution in [-0.2, 0) is 4.84 Å². The highest BCUT2D eigenvalue weighted by Crippen LogP contribution is 2.41. The number of oxime groups is 1. The summed E-state index contributed by atoms with van der Waals surface area (Å²) in [5, 5.41) is 18.3. The Morgan fingerprint density at radius 3 is 2.57 bits per heavy atom. The van der Waals surface area contributed by atoms with Crippen molar-refractivity contribution in [1.82, 2.24) is 10.2 Å². The van der Waals surface area contributed by atoms with Gasteiger partial charge in [0.2, 0.25) is 0 Å². The topological polar surface area (TPSA) is 57.1 Å². The lowest BCUT2D eigenvalue weighted by atomic mass is 9.67. The second-order valence-electron chi connectivity index (χ2n) is 8.33. The highest BCUT2D eigenvalue weighted by Gasteiger charge is 2.39. The van der Waals surface area contributed by atoms with Gasteiger partial charge in [0, 0.05) is 12.0 Å². The Balaban J connectivity index is 2.10. The van der Waals surface area contributed by atoms with Crippen LogP contribution in [0.3, 0.4) is 0 Å². The van der Waals surface area contributed by atoms with Gasteiger partial charge in [-0.05, 0) is 95.9 Å². The Morgan fingerprint density at radius 2 is 1.93 bits per heavy atom. The molecule has 30 heavy (non-hydrogen) atoms. The smallest absolute Gasteiger partial charge is 0.144 e. The molecule has 0 bridgehead atoms. The molecule has 0 radical (unpaired) electrons. The molecule has 1 unspecified atom stereocenters. The van der Waals surface area contributed by atoms with Crippen molar-refractivity contribution in [1.29, 1.82) is 0 Å². The van der Waals surface area contributed by atoms with E-state index in [1.54, 1.807) is 6.08 Å². The van der Waals surface area contributed by atoms with Crippen LogP contribution in [0.5, 0.6) is 0 Å². The van der Waals surface area contributed by atoms with Gasteiger partial charge in [-0.2, -0.15) is 0 Å². The van der Waals surface area contributed by atoms with Crippen LogP contribution in [0.15, 0.2) is 52.6 Å². The minimum atomic E-state index is -0.514. The van der Waals surface area contributed by atoms with Gasteiger partial charge >= 0.3 is 0 Å². The van der Waals surface area contributed by atoms with Crippen LogP contribution in [0.25, 0.3) is 0 Å². The van der Waals surface area contributed by atoms with Crippen LogP contribution in [-0.4, -0.2) is 61.2 Å². The Kier molecular flexibility index (Phi) is 10.4. The summed E-state index contributed by atoms with van der Waals surface area (Å²) in [5.41, 5.74) is 9.19. The maximum absolute atomic E-state index is 10.4. The molecule has 166 valence electrons. The van der Waals surface area contributed by atoms with Gasteiger partial charge in [0.15, 0.2) is 0 Å². The van der Waals surface area contributed by atoms with Crippen molar-refractivity contribution >= 4 is 5.71 Å². The Labute approximate surface area is 182 Å². The quantitative estimate of drug-likeness (QED) is 0.260. The van der Waals surface area contributed by atoms with E-state index in [1.807, 2.05) is 13.0 Å². The molecule has 0 aliphatic carbocycles. The maximum atomic E-state index is 10.4. The molecule has 0 amide bonds. The average molecular weight is 414 g/mol. The second kappa shape index (κ2) is 12.7. The molecule has 0 saturated carbocycles. The zero-order valence-electron chi connectivity index (χ0n) is 19.0. The molecule has 2 rings (SSSR count). The van der Waals surface area contributed by atoms with E-state index in [0.29, 0.717) is 6.54 Å². The molecular formula is C25H39N3O2. The van der Waals surface area contributed by atoms with Gasteiger partial charge in [0.25, 0.3) is 0 Å². The fourth-order valence-electron chi connectivity index (χ4n) is 4.63. The van der Waals surface area contributed by atoms with E-state index < -0.39 is 6.10 Å². The summed E-state index contributed by atoms with van der Waals surface area (Å²) < 4.78 is 0. The van der Waals surface area contributed by atoms with Crippen molar-refractivity contribution in [3.63, 3.8) is 0 Å². The predicted molar refractivity (Wildman–Crippen MR) is 125 cm³/mol. The van der Waals surface area contributed by atoms with Crippen molar-refractivity contribution < 1.29 is 9.94 Å². The Hall–Kier alpha value is -1.87. The van der Waals surface area contributed by atoms with Gasteiger partial charge in [-0.1, -0.05) is 24.2 Å². The first kappa shape index (κ1) is 24.4. The number of β-amino-alcohol motifs (C(OH)–C–C–N with tert-alkyl or cyclic N) is 1. The number of hydrogen-bond donors (Lipinski definition) is 2. The first-order valence-corrected chi connectivity index (χ1v) is 11.3. The Bertz CT molecular complexity index is 713. The number of allylic oxidation sites excluding steroid dienone is 4. The third kappa shape index (κ3) is 6.84. The normalized spacial score (nSPS) is 21.2. The largest absolute Gasteiger partial charge is 0.393 e. The van der Waals surface area contributed by atoms with E-state index in [1.165, 1.54) is 24.8 Å². The van der Waals surface area contributed by atoms with E-state index in [-0.39, 0.29) is 12.0 Å². The van der Waals surface area contributed by atoms with Crippen LogP contribution in [0.4, 0.5) is 0 Å². The summed E-state index contributed by atoms with van der Waals surface area (Å²) in [4.78, 5) is 7.97. The zero-order valence-corrected chi connectivity index (χ0v) is 19.0. The number of rotatable bonds is 9. The zero-order chi connectivity index (χ0) is 21.8. The van der Waals surface area contributed by atoms with Crippen molar-refractivity contribution in [3.8, 4) is 0 Å². The number of hydrogen-bond acceptors (Lipinski definition) is 5. The van der Waals surface area contributed by atoms with Crippen LogP contribution < -0.4 is 5.32 Å². The fourth-order valence-corrected chi connectivity index (χ4v) is 4.63. The molecule has 2 aliphatic heterocycles. The van der Waals surface area contributed by atoms with Crippen molar-refractivity contribution in [2.45, 2.75) is 59.0 Å². The van der Waals surface area contributed by atoms with Gasteiger partial charge in [-0.15, -0.1) is 11.5 Å². The molecule has 2 fully saturated rings. The molecule has 0 aromatic rings. The molecule has 1 atom stereocenters. The number of aliphatic hydroxyl groups is 1. The second-order valence-corrected chi connectivity index (χ2v) is 8.33. The van der Waals surface area contributed by atoms with Crippen LogP contribution in [0.2, 0.25) is 0 Å². The van der Waals surface area contributed by atoms with Crippen molar-refractivity contribution in [2.24, 2.45) is 10.6 Å². The summed E-state index contributed by atoms with van der Waals surface area (Å²) in [7, 11) is 0. The molecule has 2 saturated heterocycles. The third-order valence-electron chi connectivity index (χ3n) is 6.24. The molecule has 2 aliphatic rings. The van der Waals surface area contributed by atoms with Gasteiger partial charge in [-0.25, -0.2) is 0 Å². The van der Waals surface area contributed by atoms with Crippen molar-refractivity contribution in [2.75, 3.05) is 39.3 Å². The van der Waals surface area contributed by atoms with E-state index in [2.05, 4.69) is 53.3 Å². The Morgan fingerprint density at radius 1 is 1.23 bits per heavy atom. The number of piperidine rings is 2. The van der Waals surface area contributed by atoms with Crippen LogP contribution in [0, 0.1) is 5.41 Å². The molecule has 0 spiro atoms. The summed E-state index contributed by atoms with van der Waals surface area (Å²) in [6, 6.07) is 0. The molecule has 0 aromatic carbocycles. The van der Waals surface area contributed by atoms with E-state index >= 15 is 0 Å². The summed E-state index contributed by atoms with van der Waals surface area (Å²) in [6.45, 7) is 14.7. The van der Waals surface area contributed by atoms with Gasteiger partial charge < -0.3 is 20.2 Å². The number of likely N-dealkylation sites (tertiary alicyclic amines) is 1. The lowest BCUT2D eigenvalue weighted by molar-refractivity contribution is 0.0147. The van der Waals surface area contributed by atoms with Crippen LogP contribution >= 0.6 is 0 Å². The monoisotopic (exact) mass is 413 g/mol. The summed E-state index contributed by atoms with van der Waals surface area (Å²) >= 11 is 0. The lowest BCUT2D eigenvalue weighted by Gasteiger charge is -2.39. The van der Waals surface area contributed by atoms with Gasteiger partial charge in [0.05, 0.1) is 5.71 Å². The maximum Gasteiger partial charge on any atom is 0.144 e. The molecule has 0 aromatic heterocycles. The highest BCUT2D eigenvalue weighted by molar-refractivity contribution is 5.91. The SMILES string of the molecule is C=C=CC=C=C(C)/C(=C\C)C1(/C(C)=N/OCC(O)CN2CCCCC2)CCNCC1. The van der Waals surface area contributed by atoms with E-state index in [0.717, 1.165) is 50.3 Å². The lowest BCUT2D eigenvalue weighted by Crippen LogP contribution is -2.43. The summed E-state index contributed by atoms with van der Waals surface area (Å²) in [6.07, 6.45) is 10.9. The average Bonchev–Trinajstić information content (AvgIpc) is 2.75. The first-order valence-electron chi connectivity index (χ1n) is 11.3. The predicted octanol–water partition coefficient (Wildman–Crippen LogP) is 3.98. The molecule has 2 N–H and O–H groups in total. The van der Waals surface area contributed by atoms with E-state index in [9.17, 15) is 5.11 Å². The number of nitrogens with zero attached hydrogens (tertiary/aromatic N) is 2. The number of aliphatic hydroxyl groups excluding tert-OH is 1. The molecular weight excluding hydrogens is 374 g/mol. The molecule has 5 nitrogen and oxygen atoms in total. The van der Waals surface area contributed by atoms with E-state index in [4.69, 9.17) is 4.84 Å². The molecule has 5 heteroatoms. The minimum Gasteiger partial charge on any atom is -0.393 e. The summed E-state index contributed by atoms with van der Waals surface area (Å²) in [5.74, 6) is 0. The third-order valence-corrected chi connectivity index (χ3v) is 6.24. The fraction of sp³-hybridized carbons (Fsp3) is 0.640.